The highest BCUT2D eigenvalue weighted by atomic mass is 35.5. The average Bonchev–Trinajstić information content (AvgIpc) is 2.54. The van der Waals surface area contributed by atoms with Crippen molar-refractivity contribution in [2.45, 2.75) is 70.9 Å². The van der Waals surface area contributed by atoms with Gasteiger partial charge in [-0.2, -0.15) is 0 Å². The highest BCUT2D eigenvalue weighted by Gasteiger charge is 2.38. The van der Waals surface area contributed by atoms with Gasteiger partial charge in [-0.3, -0.25) is 4.79 Å². The van der Waals surface area contributed by atoms with Crippen molar-refractivity contribution in [1.82, 2.24) is 15.3 Å². The monoisotopic (exact) mass is 417 g/mol. The van der Waals surface area contributed by atoms with Gasteiger partial charge in [-0.25, -0.2) is 9.97 Å². The second-order valence-electron chi connectivity index (χ2n) is 7.99. The van der Waals surface area contributed by atoms with E-state index in [9.17, 15) is 4.79 Å². The van der Waals surface area contributed by atoms with Gasteiger partial charge in [-0.05, 0) is 46.5 Å². The topological polar surface area (TPSA) is 84.1 Å². The van der Waals surface area contributed by atoms with Crippen LogP contribution in [0.3, 0.4) is 0 Å². The molecular formula is C19H33Cl2N5O. The van der Waals surface area contributed by atoms with Crippen LogP contribution < -0.4 is 16.0 Å². The third kappa shape index (κ3) is 5.93. The number of nitrogens with zero attached hydrogens (tertiary/aromatic N) is 3. The van der Waals surface area contributed by atoms with E-state index < -0.39 is 0 Å². The molecule has 1 aromatic rings. The zero-order valence-electron chi connectivity index (χ0n) is 16.5. The fraction of sp³-hybridized carbons (Fsp3) is 0.737. The van der Waals surface area contributed by atoms with Crippen molar-refractivity contribution in [1.29, 1.82) is 0 Å². The molecule has 8 heteroatoms. The normalized spacial score (nSPS) is 25.9. The molecule has 2 aliphatic rings. The molecule has 1 aliphatic heterocycles. The summed E-state index contributed by atoms with van der Waals surface area (Å²) in [5.74, 6) is 1.91. The highest BCUT2D eigenvalue weighted by Crippen LogP contribution is 2.32. The third-order valence-electron chi connectivity index (χ3n) is 5.69. The minimum Gasteiger partial charge on any atom is -0.356 e. The molecule has 2 unspecified atom stereocenters. The molecule has 6 nitrogen and oxygen atoms in total. The first-order valence-electron chi connectivity index (χ1n) is 9.51. The zero-order chi connectivity index (χ0) is 18.0. The number of piperidine rings is 1. The second kappa shape index (κ2) is 9.89. The number of hydrogen-bond donors (Lipinski definition) is 2. The standard InChI is InChI=1S/C19H31N5O.2ClH/c1-13-12-17(22-14(2)21-13)24-10-7-15(8-11-24)23-18(25)16-6-4-5-9-19(16,3)20;;/h12,15-16H,4-11,20H2,1-3H3,(H,23,25);2*1H. The fourth-order valence-corrected chi connectivity index (χ4v) is 4.20. The van der Waals surface area contributed by atoms with E-state index in [1.54, 1.807) is 0 Å². The van der Waals surface area contributed by atoms with Crippen molar-refractivity contribution in [3.8, 4) is 0 Å². The summed E-state index contributed by atoms with van der Waals surface area (Å²) >= 11 is 0. The van der Waals surface area contributed by atoms with Gasteiger partial charge in [0.05, 0.1) is 5.92 Å². The highest BCUT2D eigenvalue weighted by molar-refractivity contribution is 5.85. The van der Waals surface area contributed by atoms with Gasteiger partial charge >= 0.3 is 0 Å². The molecule has 0 bridgehead atoms. The lowest BCUT2D eigenvalue weighted by Gasteiger charge is -2.39. The molecule has 3 rings (SSSR count). The predicted molar refractivity (Wildman–Crippen MR) is 114 cm³/mol. The Labute approximate surface area is 174 Å². The van der Waals surface area contributed by atoms with Crippen LogP contribution in [0.25, 0.3) is 0 Å². The Bertz CT molecular complexity index is 612. The molecule has 1 saturated carbocycles. The Morgan fingerprint density at radius 1 is 1.19 bits per heavy atom. The summed E-state index contributed by atoms with van der Waals surface area (Å²) in [7, 11) is 0. The molecular weight excluding hydrogens is 385 g/mol. The van der Waals surface area contributed by atoms with E-state index >= 15 is 0 Å². The van der Waals surface area contributed by atoms with Gasteiger partial charge in [-0.15, -0.1) is 24.8 Å². The Kier molecular flexibility index (Phi) is 8.77. The first kappa shape index (κ1) is 23.9. The molecule has 2 fully saturated rings. The largest absolute Gasteiger partial charge is 0.356 e. The van der Waals surface area contributed by atoms with Crippen LogP contribution in [0.2, 0.25) is 0 Å². The molecule has 1 amide bonds. The number of carbonyl (C=O) groups excluding carboxylic acids is 1. The van der Waals surface area contributed by atoms with Crippen LogP contribution in [-0.4, -0.2) is 40.5 Å². The van der Waals surface area contributed by atoms with Crippen molar-refractivity contribution < 1.29 is 4.79 Å². The number of rotatable bonds is 3. The summed E-state index contributed by atoms with van der Waals surface area (Å²) in [6.45, 7) is 7.77. The zero-order valence-corrected chi connectivity index (χ0v) is 18.2. The number of nitrogens with two attached hydrogens (primary N) is 1. The summed E-state index contributed by atoms with van der Waals surface area (Å²) in [4.78, 5) is 23.9. The molecule has 0 aromatic carbocycles. The minimum absolute atomic E-state index is 0. The van der Waals surface area contributed by atoms with E-state index in [1.165, 1.54) is 0 Å². The number of halogens is 2. The number of aryl methyl sites for hydroxylation is 2. The quantitative estimate of drug-likeness (QED) is 0.789. The Morgan fingerprint density at radius 2 is 1.85 bits per heavy atom. The van der Waals surface area contributed by atoms with E-state index in [0.29, 0.717) is 0 Å². The van der Waals surface area contributed by atoms with E-state index in [2.05, 4.69) is 20.2 Å². The van der Waals surface area contributed by atoms with Gasteiger partial charge in [0.15, 0.2) is 0 Å². The van der Waals surface area contributed by atoms with Crippen LogP contribution >= 0.6 is 24.8 Å². The summed E-state index contributed by atoms with van der Waals surface area (Å²) in [5.41, 5.74) is 7.01. The van der Waals surface area contributed by atoms with E-state index in [1.807, 2.05) is 26.8 Å². The third-order valence-corrected chi connectivity index (χ3v) is 5.69. The van der Waals surface area contributed by atoms with E-state index in [4.69, 9.17) is 5.73 Å². The van der Waals surface area contributed by atoms with Crippen LogP contribution in [0, 0.1) is 19.8 Å². The number of hydrogen-bond acceptors (Lipinski definition) is 5. The number of nitrogens with one attached hydrogen (secondary N) is 1. The maximum absolute atomic E-state index is 12.7. The van der Waals surface area contributed by atoms with Crippen molar-refractivity contribution in [3.63, 3.8) is 0 Å². The van der Waals surface area contributed by atoms with Gasteiger partial charge in [0.1, 0.15) is 11.6 Å². The molecule has 1 aromatic heterocycles. The molecule has 2 atom stereocenters. The lowest BCUT2D eigenvalue weighted by atomic mass is 9.74. The van der Waals surface area contributed by atoms with Gasteiger partial charge < -0.3 is 16.0 Å². The minimum atomic E-state index is -0.362. The molecule has 27 heavy (non-hydrogen) atoms. The fourth-order valence-electron chi connectivity index (χ4n) is 4.20. The number of amides is 1. The lowest BCUT2D eigenvalue weighted by molar-refractivity contribution is -0.129. The Hall–Kier alpha value is -1.11. The molecule has 1 aliphatic carbocycles. The number of anilines is 1. The van der Waals surface area contributed by atoms with Crippen LogP contribution in [0.4, 0.5) is 5.82 Å². The predicted octanol–water partition coefficient (Wildman–Crippen LogP) is 2.93. The first-order valence-corrected chi connectivity index (χ1v) is 9.51. The maximum Gasteiger partial charge on any atom is 0.225 e. The maximum atomic E-state index is 12.7. The smallest absolute Gasteiger partial charge is 0.225 e. The summed E-state index contributed by atoms with van der Waals surface area (Å²) in [6.07, 6.45) is 5.99. The molecule has 1 saturated heterocycles. The van der Waals surface area contributed by atoms with Crippen molar-refractivity contribution >= 4 is 36.5 Å². The van der Waals surface area contributed by atoms with Crippen molar-refractivity contribution in [2.24, 2.45) is 11.7 Å². The number of carbonyl (C=O) groups is 1. The van der Waals surface area contributed by atoms with Gasteiger partial charge in [-0.1, -0.05) is 12.8 Å². The van der Waals surface area contributed by atoms with Crippen molar-refractivity contribution in [2.75, 3.05) is 18.0 Å². The summed E-state index contributed by atoms with van der Waals surface area (Å²) in [6, 6.07) is 2.28. The van der Waals surface area contributed by atoms with E-state index in [0.717, 1.165) is 69.0 Å². The first-order chi connectivity index (χ1) is 11.8. The van der Waals surface area contributed by atoms with E-state index in [-0.39, 0.29) is 48.2 Å². The Morgan fingerprint density at radius 3 is 2.44 bits per heavy atom. The van der Waals surface area contributed by atoms with Crippen LogP contribution in [0.5, 0.6) is 0 Å². The van der Waals surface area contributed by atoms with Gasteiger partial charge in [0.25, 0.3) is 0 Å². The summed E-state index contributed by atoms with van der Waals surface area (Å²) < 4.78 is 0. The lowest BCUT2D eigenvalue weighted by Crippen LogP contribution is -2.55. The van der Waals surface area contributed by atoms with Gasteiger partial charge in [0.2, 0.25) is 5.91 Å². The SMILES string of the molecule is Cc1cc(N2CCC(NC(=O)C3CCCCC3(C)N)CC2)nc(C)n1.Cl.Cl. The summed E-state index contributed by atoms with van der Waals surface area (Å²) in [5, 5.41) is 3.26. The molecule has 0 radical (unpaired) electrons. The molecule has 3 N–H and O–H groups in total. The molecule has 2 heterocycles. The molecule has 0 spiro atoms. The second-order valence-corrected chi connectivity index (χ2v) is 7.99. The van der Waals surface area contributed by atoms with Crippen LogP contribution in [0.1, 0.15) is 57.0 Å². The van der Waals surface area contributed by atoms with Crippen molar-refractivity contribution in [3.05, 3.63) is 17.6 Å². The van der Waals surface area contributed by atoms with Gasteiger partial charge in [0, 0.05) is 36.4 Å². The Balaban J connectivity index is 0.00000182. The average molecular weight is 418 g/mol. The van der Waals surface area contributed by atoms with Crippen LogP contribution in [-0.2, 0) is 4.79 Å². The van der Waals surface area contributed by atoms with Crippen LogP contribution in [0.15, 0.2) is 6.07 Å². The number of aromatic nitrogens is 2. The molecule has 154 valence electrons.